The van der Waals surface area contributed by atoms with Crippen molar-refractivity contribution >= 4 is 10.9 Å². The number of aromatic nitrogens is 3. The fourth-order valence-corrected chi connectivity index (χ4v) is 3.39. The van der Waals surface area contributed by atoms with Gasteiger partial charge in [-0.2, -0.15) is 5.10 Å². The lowest BCUT2D eigenvalue weighted by Gasteiger charge is -2.27. The van der Waals surface area contributed by atoms with Gasteiger partial charge in [-0.05, 0) is 36.6 Å². The summed E-state index contributed by atoms with van der Waals surface area (Å²) in [6.45, 7) is 4.57. The first kappa shape index (κ1) is 16.8. The quantitative estimate of drug-likeness (QED) is 0.746. The first-order chi connectivity index (χ1) is 12.5. The first-order valence-electron chi connectivity index (χ1n) is 8.70. The number of rotatable bonds is 4. The molecule has 0 saturated heterocycles. The van der Waals surface area contributed by atoms with Crippen LogP contribution in [0.5, 0.6) is 5.75 Å². The predicted molar refractivity (Wildman–Crippen MR) is 98.1 cm³/mol. The van der Waals surface area contributed by atoms with E-state index in [0.29, 0.717) is 18.8 Å². The Morgan fingerprint density at radius 1 is 1.31 bits per heavy atom. The Balaban J connectivity index is 1.57. The summed E-state index contributed by atoms with van der Waals surface area (Å²) in [4.78, 5) is 17.6. The van der Waals surface area contributed by atoms with Gasteiger partial charge in [0.2, 0.25) is 0 Å². The Bertz CT molecular complexity index is 1010. The molecule has 26 heavy (non-hydrogen) atoms. The van der Waals surface area contributed by atoms with Crippen LogP contribution in [0, 0.1) is 0 Å². The van der Waals surface area contributed by atoms with Crippen molar-refractivity contribution < 1.29 is 9.84 Å². The predicted octanol–water partition coefficient (Wildman–Crippen LogP) is 1.80. The minimum atomic E-state index is -0.568. The molecular weight excluding hydrogens is 332 g/mol. The molecule has 3 aromatic rings. The summed E-state index contributed by atoms with van der Waals surface area (Å²) >= 11 is 0. The van der Waals surface area contributed by atoms with E-state index in [1.54, 1.807) is 14.0 Å². The number of fused-ring (bicyclic) bond motifs is 2. The van der Waals surface area contributed by atoms with Crippen LogP contribution in [-0.4, -0.2) is 38.4 Å². The molecule has 1 atom stereocenters. The number of hydrogen-bond acceptors (Lipinski definition) is 5. The lowest BCUT2D eigenvalue weighted by molar-refractivity contribution is 0.189. The highest BCUT2D eigenvalue weighted by molar-refractivity contribution is 5.80. The molecule has 1 aromatic carbocycles. The highest BCUT2D eigenvalue weighted by Crippen LogP contribution is 2.21. The van der Waals surface area contributed by atoms with Gasteiger partial charge in [0.15, 0.2) is 0 Å². The number of hydrogen-bond donors (Lipinski definition) is 2. The van der Waals surface area contributed by atoms with E-state index in [-0.39, 0.29) is 5.56 Å². The highest BCUT2D eigenvalue weighted by Gasteiger charge is 2.20. The average molecular weight is 354 g/mol. The third-order valence-electron chi connectivity index (χ3n) is 4.85. The average Bonchev–Trinajstić information content (AvgIpc) is 3.05. The molecule has 0 fully saturated rings. The fraction of sp³-hybridized carbons (Fsp3) is 0.368. The van der Waals surface area contributed by atoms with Crippen molar-refractivity contribution in [2.45, 2.75) is 32.7 Å². The van der Waals surface area contributed by atoms with Crippen LogP contribution >= 0.6 is 0 Å². The maximum absolute atomic E-state index is 12.5. The Morgan fingerprint density at radius 2 is 2.15 bits per heavy atom. The monoisotopic (exact) mass is 354 g/mol. The fourth-order valence-electron chi connectivity index (χ4n) is 3.39. The lowest BCUT2D eigenvalue weighted by Crippen LogP contribution is -2.35. The summed E-state index contributed by atoms with van der Waals surface area (Å²) in [5.74, 6) is 0.721. The number of aliphatic hydroxyl groups excluding tert-OH is 1. The molecule has 1 aliphatic rings. The van der Waals surface area contributed by atoms with Crippen LogP contribution in [0.1, 0.15) is 30.0 Å². The molecule has 0 spiro atoms. The molecule has 0 saturated carbocycles. The normalized spacial score (nSPS) is 15.8. The lowest BCUT2D eigenvalue weighted by atomic mass is 10.1. The van der Waals surface area contributed by atoms with E-state index in [4.69, 9.17) is 4.74 Å². The van der Waals surface area contributed by atoms with Crippen LogP contribution in [0.2, 0.25) is 0 Å². The molecular formula is C19H22N4O3. The number of H-pyrrole nitrogens is 1. The van der Waals surface area contributed by atoms with Gasteiger partial charge < -0.3 is 14.8 Å². The zero-order valence-electron chi connectivity index (χ0n) is 14.9. The van der Waals surface area contributed by atoms with Gasteiger partial charge in [0.1, 0.15) is 5.75 Å². The third kappa shape index (κ3) is 3.11. The van der Waals surface area contributed by atoms with Crippen molar-refractivity contribution in [3.63, 3.8) is 0 Å². The van der Waals surface area contributed by atoms with Gasteiger partial charge in [-0.25, -0.2) is 0 Å². The molecule has 2 aromatic heterocycles. The minimum Gasteiger partial charge on any atom is -0.497 e. The molecule has 3 heterocycles. The summed E-state index contributed by atoms with van der Waals surface area (Å²) in [5, 5.41) is 15.1. The van der Waals surface area contributed by atoms with E-state index in [2.05, 4.69) is 15.0 Å². The molecule has 4 rings (SSSR count). The third-order valence-corrected chi connectivity index (χ3v) is 4.85. The van der Waals surface area contributed by atoms with Gasteiger partial charge in [-0.1, -0.05) is 0 Å². The van der Waals surface area contributed by atoms with Crippen LogP contribution in [0.4, 0.5) is 0 Å². The van der Waals surface area contributed by atoms with Crippen LogP contribution in [0.15, 0.2) is 35.1 Å². The summed E-state index contributed by atoms with van der Waals surface area (Å²) in [6, 6.07) is 9.56. The maximum Gasteiger partial charge on any atom is 0.252 e. The first-order valence-corrected chi connectivity index (χ1v) is 8.70. The molecule has 0 bridgehead atoms. The van der Waals surface area contributed by atoms with Crippen molar-refractivity contribution in [1.82, 2.24) is 19.7 Å². The van der Waals surface area contributed by atoms with Gasteiger partial charge >= 0.3 is 0 Å². The van der Waals surface area contributed by atoms with E-state index >= 15 is 0 Å². The van der Waals surface area contributed by atoms with Crippen LogP contribution in [0.3, 0.4) is 0 Å². The van der Waals surface area contributed by atoms with Gasteiger partial charge in [-0.15, -0.1) is 0 Å². The number of ether oxygens (including phenoxy) is 1. The smallest absolute Gasteiger partial charge is 0.252 e. The standard InChI is InChI=1S/C19H22N4O3/c1-12(24)17-8-15-11-22(5-6-23(15)21-17)10-14-7-13-3-4-16(26-2)9-18(13)20-19(14)25/h3-4,7-9,12,24H,5-6,10-11H2,1-2H3,(H,20,25)/t12-/m1/s1. The largest absolute Gasteiger partial charge is 0.497 e. The Morgan fingerprint density at radius 3 is 2.92 bits per heavy atom. The summed E-state index contributed by atoms with van der Waals surface area (Å²) in [6.07, 6.45) is -0.568. The maximum atomic E-state index is 12.5. The van der Waals surface area contributed by atoms with Crippen molar-refractivity contribution in [2.24, 2.45) is 0 Å². The zero-order chi connectivity index (χ0) is 18.3. The topological polar surface area (TPSA) is 83.4 Å². The SMILES string of the molecule is COc1ccc2cc(CN3CCn4nc([C@@H](C)O)cc4C3)c(=O)[nH]c2c1. The number of aliphatic hydroxyl groups is 1. The molecule has 7 nitrogen and oxygen atoms in total. The zero-order valence-corrected chi connectivity index (χ0v) is 14.9. The second-order valence-corrected chi connectivity index (χ2v) is 6.75. The number of pyridine rings is 1. The second kappa shape index (κ2) is 6.59. The summed E-state index contributed by atoms with van der Waals surface area (Å²) < 4.78 is 7.15. The molecule has 1 aliphatic heterocycles. The van der Waals surface area contributed by atoms with Gasteiger partial charge in [0.05, 0.1) is 36.7 Å². The highest BCUT2D eigenvalue weighted by atomic mass is 16.5. The van der Waals surface area contributed by atoms with Crippen molar-refractivity contribution in [3.05, 3.63) is 57.6 Å². The molecule has 0 radical (unpaired) electrons. The van der Waals surface area contributed by atoms with Crippen molar-refractivity contribution in [3.8, 4) is 5.75 Å². The number of nitrogens with zero attached hydrogens (tertiary/aromatic N) is 3. The summed E-state index contributed by atoms with van der Waals surface area (Å²) in [7, 11) is 1.61. The Kier molecular flexibility index (Phi) is 4.26. The number of nitrogens with one attached hydrogen (secondary N) is 1. The van der Waals surface area contributed by atoms with E-state index < -0.39 is 6.10 Å². The second-order valence-electron chi connectivity index (χ2n) is 6.75. The van der Waals surface area contributed by atoms with Crippen molar-refractivity contribution in [1.29, 1.82) is 0 Å². The Hall–Kier alpha value is -2.64. The van der Waals surface area contributed by atoms with E-state index in [1.807, 2.05) is 35.0 Å². The Labute approximate surface area is 150 Å². The summed E-state index contributed by atoms with van der Waals surface area (Å²) in [5.41, 5.74) is 3.20. The van der Waals surface area contributed by atoms with Gasteiger partial charge in [0.25, 0.3) is 5.56 Å². The van der Waals surface area contributed by atoms with E-state index in [0.717, 1.165) is 41.0 Å². The minimum absolute atomic E-state index is 0.0745. The van der Waals surface area contributed by atoms with Gasteiger partial charge in [0, 0.05) is 31.3 Å². The number of aromatic amines is 1. The molecule has 0 amide bonds. The molecule has 136 valence electrons. The van der Waals surface area contributed by atoms with Gasteiger partial charge in [-0.3, -0.25) is 14.4 Å². The van der Waals surface area contributed by atoms with Crippen LogP contribution in [-0.2, 0) is 19.6 Å². The van der Waals surface area contributed by atoms with E-state index in [9.17, 15) is 9.90 Å². The molecule has 2 N–H and O–H groups in total. The van der Waals surface area contributed by atoms with Crippen LogP contribution < -0.4 is 10.3 Å². The number of benzene rings is 1. The van der Waals surface area contributed by atoms with Crippen LogP contribution in [0.25, 0.3) is 10.9 Å². The number of methoxy groups -OCH3 is 1. The molecule has 0 unspecified atom stereocenters. The molecule has 0 aliphatic carbocycles. The molecule has 7 heteroatoms. The van der Waals surface area contributed by atoms with Crippen molar-refractivity contribution in [2.75, 3.05) is 13.7 Å². The van der Waals surface area contributed by atoms with E-state index in [1.165, 1.54) is 0 Å².